The first-order valence-electron chi connectivity index (χ1n) is 5.47. The van der Waals surface area contributed by atoms with Crippen molar-refractivity contribution >= 4 is 25.2 Å². The molecule has 0 aromatic heterocycles. The first-order valence-corrected chi connectivity index (χ1v) is 8.87. The predicted octanol–water partition coefficient (Wildman–Crippen LogP) is 2.66. The summed E-state index contributed by atoms with van der Waals surface area (Å²) < 4.78 is 11.9. The van der Waals surface area contributed by atoms with Crippen molar-refractivity contribution in [3.63, 3.8) is 0 Å². The first-order chi connectivity index (χ1) is 6.48. The summed E-state index contributed by atoms with van der Waals surface area (Å²) in [5.74, 6) is 9.01. The van der Waals surface area contributed by atoms with E-state index in [4.69, 9.17) is 0 Å². The van der Waals surface area contributed by atoms with Gasteiger partial charge in [0, 0.05) is 20.1 Å². The van der Waals surface area contributed by atoms with Crippen molar-refractivity contribution in [2.75, 3.05) is 11.5 Å². The van der Waals surface area contributed by atoms with Gasteiger partial charge in [-0.25, -0.2) is 0 Å². The second kappa shape index (κ2) is 3.75. The van der Waals surface area contributed by atoms with Crippen molar-refractivity contribution in [2.45, 2.75) is 26.7 Å². The Labute approximate surface area is 91.4 Å². The summed E-state index contributed by atoms with van der Waals surface area (Å²) in [5, 5.41) is 0. The summed E-state index contributed by atoms with van der Waals surface area (Å²) in [5.41, 5.74) is 0. The quantitative estimate of drug-likeness (QED) is 0.472. The van der Waals surface area contributed by atoms with Gasteiger partial charge in [0.15, 0.2) is 0 Å². The van der Waals surface area contributed by atoms with Gasteiger partial charge in [0.1, 0.15) is 0 Å². The highest BCUT2D eigenvalue weighted by Crippen LogP contribution is 2.44. The van der Waals surface area contributed by atoms with Crippen molar-refractivity contribution in [3.05, 3.63) is 0 Å². The van der Waals surface area contributed by atoms with Gasteiger partial charge in [-0.1, -0.05) is 24.6 Å². The summed E-state index contributed by atoms with van der Waals surface area (Å²) in [6.07, 6.45) is 2.62. The average Bonchev–Trinajstić information content (AvgIpc) is 2.07. The Kier molecular flexibility index (Phi) is 2.91. The van der Waals surface area contributed by atoms with Crippen molar-refractivity contribution in [3.8, 4) is 0 Å². The monoisotopic (exact) mass is 232 g/mol. The molecule has 3 unspecified atom stereocenters. The van der Waals surface area contributed by atoms with Crippen LogP contribution in [-0.4, -0.2) is 21.6 Å². The smallest absolute Gasteiger partial charge is 0.0283 e. The largest absolute Gasteiger partial charge is 0.257 e. The third-order valence-electron chi connectivity index (χ3n) is 3.95. The molecule has 0 aromatic rings. The van der Waals surface area contributed by atoms with Crippen molar-refractivity contribution in [1.82, 2.24) is 0 Å². The van der Waals surface area contributed by atoms with E-state index in [1.807, 2.05) is 0 Å². The second-order valence-electron chi connectivity index (χ2n) is 5.14. The fourth-order valence-corrected chi connectivity index (χ4v) is 6.87. The lowest BCUT2D eigenvalue weighted by Crippen LogP contribution is -2.37. The van der Waals surface area contributed by atoms with Crippen LogP contribution in [0.1, 0.15) is 26.7 Å². The molecule has 2 aliphatic rings. The molecular weight excluding hydrogens is 212 g/mol. The fraction of sp³-hybridized carbons (Fsp3) is 0.909. The minimum absolute atomic E-state index is 0.701. The summed E-state index contributed by atoms with van der Waals surface area (Å²) in [4.78, 5) is 0. The number of rotatable bonds is 0. The highest BCUT2D eigenvalue weighted by atomic mass is 33.1. The Bertz CT molecular complexity index is 307. The standard InChI is InChI=1S/C11H20OS2/c1-8-4-10-6-13-14(3,12)7-11(10)5-9(8)2/h8-11H,3-7H2,1-2H3/t8-,9+,10?,11?,14?/m1/s1. The van der Waals surface area contributed by atoms with E-state index in [0.717, 1.165) is 29.3 Å². The Morgan fingerprint density at radius 2 is 1.79 bits per heavy atom. The van der Waals surface area contributed by atoms with E-state index in [9.17, 15) is 4.21 Å². The predicted molar refractivity (Wildman–Crippen MR) is 67.1 cm³/mol. The fourth-order valence-electron chi connectivity index (χ4n) is 2.80. The molecule has 1 aliphatic carbocycles. The molecule has 1 saturated heterocycles. The van der Waals surface area contributed by atoms with Crippen LogP contribution in [0, 0.1) is 23.7 Å². The average molecular weight is 232 g/mol. The molecule has 1 heterocycles. The van der Waals surface area contributed by atoms with Gasteiger partial charge in [-0.05, 0) is 42.4 Å². The zero-order valence-electron chi connectivity index (χ0n) is 9.07. The summed E-state index contributed by atoms with van der Waals surface area (Å²) in [6.45, 7) is 4.70. The normalized spacial score (nSPS) is 53.9. The molecule has 3 heteroatoms. The topological polar surface area (TPSA) is 17.1 Å². The van der Waals surface area contributed by atoms with Crippen LogP contribution in [0.15, 0.2) is 0 Å². The van der Waals surface area contributed by atoms with E-state index < -0.39 is 8.55 Å². The molecule has 2 rings (SSSR count). The third-order valence-corrected chi connectivity index (χ3v) is 7.99. The van der Waals surface area contributed by atoms with E-state index in [-0.39, 0.29) is 0 Å². The number of hydrogen-bond acceptors (Lipinski definition) is 2. The summed E-state index contributed by atoms with van der Waals surface area (Å²) in [6, 6.07) is 0. The molecule has 0 bridgehead atoms. The van der Waals surface area contributed by atoms with Gasteiger partial charge in [0.25, 0.3) is 0 Å². The van der Waals surface area contributed by atoms with Gasteiger partial charge in [0.2, 0.25) is 0 Å². The maximum absolute atomic E-state index is 11.9. The molecule has 0 amide bonds. The number of fused-ring (bicyclic) bond motifs is 1. The molecule has 1 nitrogen and oxygen atoms in total. The second-order valence-corrected chi connectivity index (χ2v) is 10.1. The zero-order valence-corrected chi connectivity index (χ0v) is 10.7. The number of hydrogen-bond donors (Lipinski definition) is 0. The third kappa shape index (κ3) is 2.13. The van der Waals surface area contributed by atoms with E-state index in [1.54, 1.807) is 10.8 Å². The van der Waals surface area contributed by atoms with Gasteiger partial charge in [-0.3, -0.25) is 4.21 Å². The molecule has 0 N–H and O–H groups in total. The lowest BCUT2D eigenvalue weighted by atomic mass is 9.71. The van der Waals surface area contributed by atoms with Crippen LogP contribution in [0.5, 0.6) is 0 Å². The van der Waals surface area contributed by atoms with E-state index in [1.165, 1.54) is 12.8 Å². The van der Waals surface area contributed by atoms with Gasteiger partial charge < -0.3 is 0 Å². The molecule has 14 heavy (non-hydrogen) atoms. The Hall–Kier alpha value is 0.370. The molecule has 1 saturated carbocycles. The molecule has 1 aliphatic heterocycles. The molecule has 0 spiro atoms. The summed E-state index contributed by atoms with van der Waals surface area (Å²) >= 11 is 0. The maximum atomic E-state index is 11.9. The maximum Gasteiger partial charge on any atom is 0.0283 e. The highest BCUT2D eigenvalue weighted by molar-refractivity contribution is 8.75. The van der Waals surface area contributed by atoms with Gasteiger partial charge in [-0.15, -0.1) is 0 Å². The van der Waals surface area contributed by atoms with Crippen LogP contribution in [0.4, 0.5) is 0 Å². The highest BCUT2D eigenvalue weighted by Gasteiger charge is 2.37. The molecule has 5 atom stereocenters. The van der Waals surface area contributed by atoms with Gasteiger partial charge >= 0.3 is 0 Å². The summed E-state index contributed by atoms with van der Waals surface area (Å²) in [7, 11) is -0.151. The van der Waals surface area contributed by atoms with Crippen molar-refractivity contribution in [2.24, 2.45) is 23.7 Å². The van der Waals surface area contributed by atoms with Gasteiger partial charge in [-0.2, -0.15) is 0 Å². The molecule has 82 valence electrons. The lowest BCUT2D eigenvalue weighted by molar-refractivity contribution is 0.161. The van der Waals surface area contributed by atoms with Crippen LogP contribution < -0.4 is 0 Å². The molecule has 0 aromatic carbocycles. The first kappa shape index (κ1) is 10.9. The van der Waals surface area contributed by atoms with E-state index in [0.29, 0.717) is 5.92 Å². The van der Waals surface area contributed by atoms with Crippen molar-refractivity contribution < 1.29 is 4.21 Å². The van der Waals surface area contributed by atoms with Crippen LogP contribution in [0.3, 0.4) is 0 Å². The zero-order chi connectivity index (χ0) is 10.3. The van der Waals surface area contributed by atoms with E-state index in [2.05, 4.69) is 19.7 Å². The molecule has 0 radical (unpaired) electrons. The van der Waals surface area contributed by atoms with Crippen LogP contribution in [-0.2, 0) is 8.55 Å². The van der Waals surface area contributed by atoms with Crippen LogP contribution in [0.25, 0.3) is 0 Å². The minimum atomic E-state index is -1.78. The Morgan fingerprint density at radius 3 is 2.43 bits per heavy atom. The van der Waals surface area contributed by atoms with Crippen LogP contribution in [0.2, 0.25) is 0 Å². The molecular formula is C11H20OS2. The van der Waals surface area contributed by atoms with Crippen molar-refractivity contribution in [1.29, 1.82) is 0 Å². The van der Waals surface area contributed by atoms with Crippen LogP contribution >= 0.6 is 10.8 Å². The molecule has 2 fully saturated rings. The van der Waals surface area contributed by atoms with E-state index >= 15 is 0 Å². The lowest BCUT2D eigenvalue weighted by Gasteiger charge is -2.42. The SMILES string of the molecule is C=S1(=O)CC2C[C@H](C)[C@H](C)CC2CS1. The Morgan fingerprint density at radius 1 is 1.21 bits per heavy atom. The van der Waals surface area contributed by atoms with Gasteiger partial charge in [0.05, 0.1) is 0 Å². The minimum Gasteiger partial charge on any atom is -0.257 e. The Balaban J connectivity index is 2.09.